The number of carbonyl (C=O) groups excluding carboxylic acids is 2. The molecule has 5 nitrogen and oxygen atoms in total. The van der Waals surface area contributed by atoms with Crippen LogP contribution in [0.3, 0.4) is 0 Å². The van der Waals surface area contributed by atoms with Gasteiger partial charge in [0.05, 0.1) is 17.3 Å². The first kappa shape index (κ1) is 16.9. The number of benzene rings is 2. The van der Waals surface area contributed by atoms with Gasteiger partial charge in [-0.2, -0.15) is 0 Å². The summed E-state index contributed by atoms with van der Waals surface area (Å²) in [5.41, 5.74) is 1.16. The van der Waals surface area contributed by atoms with Crippen LogP contribution in [0.2, 0.25) is 5.02 Å². The fourth-order valence-corrected chi connectivity index (χ4v) is 2.09. The minimum absolute atomic E-state index is 0.0705. The summed E-state index contributed by atoms with van der Waals surface area (Å²) in [4.78, 5) is 23.5. The van der Waals surface area contributed by atoms with Gasteiger partial charge in [-0.05, 0) is 23.3 Å². The highest BCUT2D eigenvalue weighted by atomic mass is 35.5. The van der Waals surface area contributed by atoms with E-state index in [9.17, 15) is 19.1 Å². The van der Waals surface area contributed by atoms with Crippen molar-refractivity contribution in [3.8, 4) is 0 Å². The normalized spacial score (nSPS) is 10.2. The van der Waals surface area contributed by atoms with Gasteiger partial charge in [0, 0.05) is 6.54 Å². The van der Waals surface area contributed by atoms with Crippen molar-refractivity contribution >= 4 is 29.1 Å². The average molecular weight is 337 g/mol. The molecule has 0 unspecified atom stereocenters. The van der Waals surface area contributed by atoms with E-state index in [1.54, 1.807) is 24.3 Å². The van der Waals surface area contributed by atoms with Crippen LogP contribution in [0.15, 0.2) is 42.5 Å². The molecule has 2 rings (SSSR count). The van der Waals surface area contributed by atoms with E-state index in [0.717, 1.165) is 0 Å². The first-order valence-electron chi connectivity index (χ1n) is 6.73. The fraction of sp³-hybridized carbons (Fsp3) is 0.125. The van der Waals surface area contributed by atoms with Gasteiger partial charge in [-0.1, -0.05) is 41.9 Å². The minimum Gasteiger partial charge on any atom is -0.392 e. The lowest BCUT2D eigenvalue weighted by Crippen LogP contribution is -2.35. The molecule has 0 spiro atoms. The van der Waals surface area contributed by atoms with Crippen LogP contribution in [-0.2, 0) is 22.7 Å². The Hall–Kier alpha value is -2.44. The van der Waals surface area contributed by atoms with Crippen molar-refractivity contribution in [2.45, 2.75) is 13.2 Å². The third-order valence-corrected chi connectivity index (χ3v) is 3.43. The first-order chi connectivity index (χ1) is 11.0. The summed E-state index contributed by atoms with van der Waals surface area (Å²) in [5.74, 6) is -2.73. The van der Waals surface area contributed by atoms with Crippen molar-refractivity contribution in [2.75, 3.05) is 5.32 Å². The predicted octanol–water partition coefficient (Wildman–Crippen LogP) is 2.23. The van der Waals surface area contributed by atoms with E-state index < -0.39 is 17.6 Å². The lowest BCUT2D eigenvalue weighted by atomic mass is 10.1. The monoisotopic (exact) mass is 336 g/mol. The number of halogens is 2. The quantitative estimate of drug-likeness (QED) is 0.749. The number of nitrogens with one attached hydrogen (secondary N) is 2. The third kappa shape index (κ3) is 4.28. The smallest absolute Gasteiger partial charge is 0.313 e. The maximum Gasteiger partial charge on any atom is 0.313 e. The van der Waals surface area contributed by atoms with Gasteiger partial charge in [0.15, 0.2) is 5.82 Å². The molecule has 120 valence electrons. The van der Waals surface area contributed by atoms with E-state index in [2.05, 4.69) is 10.6 Å². The zero-order valence-electron chi connectivity index (χ0n) is 12.0. The summed E-state index contributed by atoms with van der Waals surface area (Å²) in [6, 6.07) is 11.0. The van der Waals surface area contributed by atoms with Crippen molar-refractivity contribution in [3.63, 3.8) is 0 Å². The molecule has 0 saturated heterocycles. The Balaban J connectivity index is 1.98. The Labute approximate surface area is 137 Å². The predicted molar refractivity (Wildman–Crippen MR) is 84.3 cm³/mol. The lowest BCUT2D eigenvalue weighted by molar-refractivity contribution is -0.136. The molecule has 0 fully saturated rings. The molecule has 0 radical (unpaired) electrons. The van der Waals surface area contributed by atoms with E-state index in [1.165, 1.54) is 18.2 Å². The number of amides is 2. The van der Waals surface area contributed by atoms with E-state index in [-0.39, 0.29) is 23.9 Å². The molecule has 0 heterocycles. The van der Waals surface area contributed by atoms with Crippen LogP contribution in [0, 0.1) is 5.82 Å². The van der Waals surface area contributed by atoms with Crippen LogP contribution in [0.5, 0.6) is 0 Å². The average Bonchev–Trinajstić information content (AvgIpc) is 2.57. The molecule has 0 aromatic heterocycles. The Morgan fingerprint density at radius 2 is 1.74 bits per heavy atom. The zero-order chi connectivity index (χ0) is 16.8. The van der Waals surface area contributed by atoms with Gasteiger partial charge in [0.2, 0.25) is 0 Å². The molecule has 7 heteroatoms. The van der Waals surface area contributed by atoms with Gasteiger partial charge in [-0.3, -0.25) is 9.59 Å². The molecule has 2 aromatic rings. The van der Waals surface area contributed by atoms with Crippen molar-refractivity contribution in [2.24, 2.45) is 0 Å². The topological polar surface area (TPSA) is 78.4 Å². The number of hydrogen-bond acceptors (Lipinski definition) is 3. The van der Waals surface area contributed by atoms with Crippen LogP contribution < -0.4 is 10.6 Å². The van der Waals surface area contributed by atoms with Crippen LogP contribution >= 0.6 is 11.6 Å². The third-order valence-electron chi connectivity index (χ3n) is 3.13. The van der Waals surface area contributed by atoms with E-state index >= 15 is 0 Å². The van der Waals surface area contributed by atoms with Crippen molar-refractivity contribution < 1.29 is 19.1 Å². The molecule has 3 N–H and O–H groups in total. The van der Waals surface area contributed by atoms with Gasteiger partial charge in [-0.25, -0.2) is 4.39 Å². The summed E-state index contributed by atoms with van der Waals surface area (Å²) >= 11 is 5.60. The second-order valence-corrected chi connectivity index (χ2v) is 5.07. The number of anilines is 1. The Kier molecular flexibility index (Phi) is 5.67. The first-order valence-corrected chi connectivity index (χ1v) is 7.11. The second-order valence-electron chi connectivity index (χ2n) is 4.67. The summed E-state index contributed by atoms with van der Waals surface area (Å²) in [7, 11) is 0. The maximum atomic E-state index is 13.7. The Bertz CT molecular complexity index is 737. The number of carbonyl (C=O) groups is 2. The van der Waals surface area contributed by atoms with Crippen LogP contribution in [0.4, 0.5) is 10.1 Å². The van der Waals surface area contributed by atoms with Crippen molar-refractivity contribution in [1.29, 1.82) is 0 Å². The summed E-state index contributed by atoms with van der Waals surface area (Å²) in [6.45, 7) is -0.104. The molecule has 0 aliphatic heterocycles. The molecule has 0 bridgehead atoms. The molecule has 2 amide bonds. The van der Waals surface area contributed by atoms with Crippen molar-refractivity contribution in [1.82, 2.24) is 5.32 Å². The molecule has 2 aromatic carbocycles. The fourth-order valence-electron chi connectivity index (χ4n) is 1.92. The number of aliphatic hydroxyl groups excluding tert-OH is 1. The minimum atomic E-state index is -1.01. The molecular weight excluding hydrogens is 323 g/mol. The van der Waals surface area contributed by atoms with Gasteiger partial charge >= 0.3 is 11.8 Å². The summed E-state index contributed by atoms with van der Waals surface area (Å²) in [6.07, 6.45) is 0. The summed E-state index contributed by atoms with van der Waals surface area (Å²) < 4.78 is 13.7. The van der Waals surface area contributed by atoms with Gasteiger partial charge in [0.25, 0.3) is 0 Å². The van der Waals surface area contributed by atoms with E-state index in [4.69, 9.17) is 11.6 Å². The highest BCUT2D eigenvalue weighted by Gasteiger charge is 2.16. The van der Waals surface area contributed by atoms with Gasteiger partial charge in [-0.15, -0.1) is 0 Å². The molecular formula is C16H14ClFN2O3. The Morgan fingerprint density at radius 3 is 2.43 bits per heavy atom. The number of rotatable bonds is 4. The van der Waals surface area contributed by atoms with E-state index in [0.29, 0.717) is 11.1 Å². The number of aliphatic hydroxyl groups is 1. The number of hydrogen-bond donors (Lipinski definition) is 3. The SMILES string of the molecule is O=C(NCc1ccccc1CO)C(=O)Nc1cccc(Cl)c1F. The molecule has 0 atom stereocenters. The molecule has 0 aliphatic rings. The van der Waals surface area contributed by atoms with Gasteiger partial charge < -0.3 is 15.7 Å². The van der Waals surface area contributed by atoms with Crippen LogP contribution in [-0.4, -0.2) is 16.9 Å². The second kappa shape index (κ2) is 7.71. The van der Waals surface area contributed by atoms with Crippen LogP contribution in [0.25, 0.3) is 0 Å². The molecule has 0 saturated carbocycles. The molecule has 23 heavy (non-hydrogen) atoms. The maximum absolute atomic E-state index is 13.7. The van der Waals surface area contributed by atoms with E-state index in [1.807, 2.05) is 0 Å². The highest BCUT2D eigenvalue weighted by molar-refractivity contribution is 6.39. The van der Waals surface area contributed by atoms with Crippen LogP contribution in [0.1, 0.15) is 11.1 Å². The highest BCUT2D eigenvalue weighted by Crippen LogP contribution is 2.21. The summed E-state index contributed by atoms with van der Waals surface area (Å²) in [5, 5.41) is 13.6. The zero-order valence-corrected chi connectivity index (χ0v) is 12.7. The largest absolute Gasteiger partial charge is 0.392 e. The molecule has 0 aliphatic carbocycles. The standard InChI is InChI=1S/C16H14ClFN2O3/c17-12-6-3-7-13(14(12)18)20-16(23)15(22)19-8-10-4-1-2-5-11(10)9-21/h1-7,21H,8-9H2,(H,19,22)(H,20,23). The Morgan fingerprint density at radius 1 is 1.04 bits per heavy atom. The van der Waals surface area contributed by atoms with Crippen molar-refractivity contribution in [3.05, 3.63) is 64.4 Å². The lowest BCUT2D eigenvalue weighted by Gasteiger charge is -2.10. The van der Waals surface area contributed by atoms with Gasteiger partial charge in [0.1, 0.15) is 0 Å².